The van der Waals surface area contributed by atoms with Gasteiger partial charge in [-0.25, -0.2) is 0 Å². The van der Waals surface area contributed by atoms with Crippen LogP contribution in [0.3, 0.4) is 0 Å². The van der Waals surface area contributed by atoms with E-state index in [9.17, 15) is 14.7 Å². The Morgan fingerprint density at radius 3 is 2.48 bits per heavy atom. The Morgan fingerprint density at radius 2 is 1.87 bits per heavy atom. The number of nitrogens with one attached hydrogen (secondary N) is 1. The lowest BCUT2D eigenvalue weighted by Crippen LogP contribution is -2.41. The highest BCUT2D eigenvalue weighted by Gasteiger charge is 2.55. The van der Waals surface area contributed by atoms with E-state index in [4.69, 9.17) is 14.2 Å². The van der Waals surface area contributed by atoms with Crippen molar-refractivity contribution >= 4 is 17.6 Å². The number of carbonyl (C=O) groups is 2. The molecule has 2 saturated heterocycles. The number of hydrogen-bond acceptors (Lipinski definition) is 5. The minimum absolute atomic E-state index is 0.335. The van der Waals surface area contributed by atoms with Crippen molar-refractivity contribution in [1.82, 2.24) is 0 Å². The number of benzene rings is 1. The normalized spacial score (nSPS) is 28.4. The number of carboxylic acids is 1. The monoisotopic (exact) mass is 321 g/mol. The van der Waals surface area contributed by atoms with Crippen LogP contribution in [0.1, 0.15) is 12.8 Å². The number of anilines is 1. The topological polar surface area (TPSA) is 94.1 Å². The van der Waals surface area contributed by atoms with E-state index in [0.29, 0.717) is 30.0 Å². The number of methoxy groups -OCH3 is 2. The molecule has 0 radical (unpaired) electrons. The summed E-state index contributed by atoms with van der Waals surface area (Å²) in [4.78, 5) is 24.1. The molecular weight excluding hydrogens is 302 g/mol. The minimum Gasteiger partial charge on any atom is -0.497 e. The van der Waals surface area contributed by atoms with Crippen molar-refractivity contribution in [2.24, 2.45) is 11.8 Å². The van der Waals surface area contributed by atoms with E-state index in [0.717, 1.165) is 0 Å². The predicted molar refractivity (Wildman–Crippen MR) is 80.7 cm³/mol. The van der Waals surface area contributed by atoms with Gasteiger partial charge in [0.25, 0.3) is 0 Å². The van der Waals surface area contributed by atoms with Crippen molar-refractivity contribution in [1.29, 1.82) is 0 Å². The standard InChI is InChI=1S/C16H19NO6/c1-21-8-3-4-10(22-2)9(7-8)17-15(18)13-11-5-6-12(23-11)14(13)16(19)20/h3-4,7,11-14H,5-6H2,1-2H3,(H,17,18)(H,19,20)/t11-,12-,13-,14+/m1/s1. The molecule has 1 aromatic rings. The second-order valence-corrected chi connectivity index (χ2v) is 5.74. The Bertz CT molecular complexity index is 631. The summed E-state index contributed by atoms with van der Waals surface area (Å²) in [7, 11) is 3.02. The summed E-state index contributed by atoms with van der Waals surface area (Å²) < 4.78 is 16.0. The van der Waals surface area contributed by atoms with E-state index in [-0.39, 0.29) is 18.1 Å². The Hall–Kier alpha value is -2.28. The Morgan fingerprint density at radius 1 is 1.17 bits per heavy atom. The van der Waals surface area contributed by atoms with Crippen molar-refractivity contribution in [3.8, 4) is 11.5 Å². The van der Waals surface area contributed by atoms with Crippen LogP contribution >= 0.6 is 0 Å². The molecule has 124 valence electrons. The third-order valence-corrected chi connectivity index (χ3v) is 4.53. The van der Waals surface area contributed by atoms with Crippen LogP contribution in [0.2, 0.25) is 0 Å². The Kier molecular flexibility index (Phi) is 4.12. The fraction of sp³-hybridized carbons (Fsp3) is 0.500. The van der Waals surface area contributed by atoms with Crippen molar-refractivity contribution < 1.29 is 28.9 Å². The average Bonchev–Trinajstić information content (AvgIpc) is 3.15. The van der Waals surface area contributed by atoms with Crippen molar-refractivity contribution in [2.75, 3.05) is 19.5 Å². The van der Waals surface area contributed by atoms with Crippen LogP contribution in [-0.2, 0) is 14.3 Å². The molecule has 4 atom stereocenters. The van der Waals surface area contributed by atoms with E-state index in [1.54, 1.807) is 18.2 Å². The fourth-order valence-corrected chi connectivity index (χ4v) is 3.45. The Balaban J connectivity index is 1.83. The van der Waals surface area contributed by atoms with Crippen LogP contribution in [0.5, 0.6) is 11.5 Å². The third kappa shape index (κ3) is 2.72. The summed E-state index contributed by atoms with van der Waals surface area (Å²) in [6, 6.07) is 5.04. The van der Waals surface area contributed by atoms with Gasteiger partial charge in [-0.15, -0.1) is 0 Å². The summed E-state index contributed by atoms with van der Waals surface area (Å²) in [5.41, 5.74) is 0.448. The van der Waals surface area contributed by atoms with E-state index < -0.39 is 17.8 Å². The second-order valence-electron chi connectivity index (χ2n) is 5.74. The van der Waals surface area contributed by atoms with Crippen LogP contribution in [0, 0.1) is 11.8 Å². The molecule has 0 spiro atoms. The molecule has 3 rings (SSSR count). The molecule has 0 saturated carbocycles. The zero-order chi connectivity index (χ0) is 16.6. The molecular formula is C16H19NO6. The number of amides is 1. The molecule has 2 heterocycles. The highest BCUT2D eigenvalue weighted by atomic mass is 16.5. The molecule has 7 heteroatoms. The zero-order valence-electron chi connectivity index (χ0n) is 12.9. The second kappa shape index (κ2) is 6.08. The summed E-state index contributed by atoms with van der Waals surface area (Å²) in [5, 5.41) is 12.2. The van der Waals surface area contributed by atoms with E-state index in [1.807, 2.05) is 0 Å². The average molecular weight is 321 g/mol. The van der Waals surface area contributed by atoms with Crippen molar-refractivity contribution in [2.45, 2.75) is 25.0 Å². The summed E-state index contributed by atoms with van der Waals surface area (Å²) in [6.07, 6.45) is 0.688. The number of ether oxygens (including phenoxy) is 3. The molecule has 0 aliphatic carbocycles. The number of carbonyl (C=O) groups excluding carboxylic acids is 1. The molecule has 0 unspecified atom stereocenters. The first-order valence-corrected chi connectivity index (χ1v) is 7.46. The molecule has 2 aliphatic heterocycles. The number of fused-ring (bicyclic) bond motifs is 2. The predicted octanol–water partition coefficient (Wildman–Crippen LogP) is 1.52. The van der Waals surface area contributed by atoms with E-state index in [2.05, 4.69) is 5.32 Å². The first-order chi connectivity index (χ1) is 11.0. The van der Waals surface area contributed by atoms with Crippen molar-refractivity contribution in [3.63, 3.8) is 0 Å². The van der Waals surface area contributed by atoms with Gasteiger partial charge in [0.05, 0.1) is 44.0 Å². The molecule has 7 nitrogen and oxygen atoms in total. The minimum atomic E-state index is -0.991. The van der Waals surface area contributed by atoms with Crippen LogP contribution < -0.4 is 14.8 Å². The van der Waals surface area contributed by atoms with Crippen molar-refractivity contribution in [3.05, 3.63) is 18.2 Å². The lowest BCUT2D eigenvalue weighted by atomic mass is 9.78. The molecule has 23 heavy (non-hydrogen) atoms. The molecule has 1 aromatic carbocycles. The van der Waals surface area contributed by atoms with Gasteiger partial charge in [0.1, 0.15) is 11.5 Å². The van der Waals surface area contributed by atoms with E-state index in [1.165, 1.54) is 14.2 Å². The maximum atomic E-state index is 12.6. The summed E-state index contributed by atoms with van der Waals surface area (Å²) in [6.45, 7) is 0. The first kappa shape index (κ1) is 15.6. The van der Waals surface area contributed by atoms with Crippen LogP contribution in [0.4, 0.5) is 5.69 Å². The molecule has 2 aliphatic rings. The summed E-state index contributed by atoms with van der Waals surface area (Å²) >= 11 is 0. The lowest BCUT2D eigenvalue weighted by Gasteiger charge is -2.24. The van der Waals surface area contributed by atoms with Gasteiger partial charge in [-0.05, 0) is 25.0 Å². The first-order valence-electron chi connectivity index (χ1n) is 7.46. The van der Waals surface area contributed by atoms with Crippen LogP contribution in [0.15, 0.2) is 18.2 Å². The smallest absolute Gasteiger partial charge is 0.310 e. The number of carboxylic acid groups (broad SMARTS) is 1. The lowest BCUT2D eigenvalue weighted by molar-refractivity contribution is -0.147. The molecule has 1 amide bonds. The van der Waals surface area contributed by atoms with Gasteiger partial charge in [-0.2, -0.15) is 0 Å². The largest absolute Gasteiger partial charge is 0.497 e. The quantitative estimate of drug-likeness (QED) is 0.854. The fourth-order valence-electron chi connectivity index (χ4n) is 3.45. The van der Waals surface area contributed by atoms with Gasteiger partial charge in [-0.1, -0.05) is 0 Å². The highest BCUT2D eigenvalue weighted by molar-refractivity contribution is 5.97. The maximum absolute atomic E-state index is 12.6. The molecule has 2 N–H and O–H groups in total. The third-order valence-electron chi connectivity index (χ3n) is 4.53. The van der Waals surface area contributed by atoms with Crippen LogP contribution in [-0.4, -0.2) is 43.4 Å². The highest BCUT2D eigenvalue weighted by Crippen LogP contribution is 2.44. The number of aliphatic carboxylic acids is 1. The zero-order valence-corrected chi connectivity index (χ0v) is 12.9. The maximum Gasteiger partial charge on any atom is 0.310 e. The molecule has 2 bridgehead atoms. The molecule has 2 fully saturated rings. The van der Waals surface area contributed by atoms with Gasteiger partial charge in [0.15, 0.2) is 0 Å². The Labute approximate surface area is 133 Å². The number of rotatable bonds is 5. The van der Waals surface area contributed by atoms with Gasteiger partial charge >= 0.3 is 5.97 Å². The van der Waals surface area contributed by atoms with Gasteiger partial charge in [-0.3, -0.25) is 9.59 Å². The van der Waals surface area contributed by atoms with E-state index >= 15 is 0 Å². The van der Waals surface area contributed by atoms with Gasteiger partial charge in [0.2, 0.25) is 5.91 Å². The summed E-state index contributed by atoms with van der Waals surface area (Å²) in [5.74, 6) is -1.80. The molecule has 0 aromatic heterocycles. The van der Waals surface area contributed by atoms with Gasteiger partial charge in [0, 0.05) is 6.07 Å². The SMILES string of the molecule is COc1ccc(OC)c(NC(=O)[C@H]2[C@@H](C(=O)O)[C@H]3CC[C@H]2O3)c1. The van der Waals surface area contributed by atoms with Crippen LogP contribution in [0.25, 0.3) is 0 Å². The van der Waals surface area contributed by atoms with Gasteiger partial charge < -0.3 is 24.6 Å². The number of hydrogen-bond donors (Lipinski definition) is 2.